The predicted octanol–water partition coefficient (Wildman–Crippen LogP) is 3.45. The lowest BCUT2D eigenvalue weighted by Gasteiger charge is -2.38. The topological polar surface area (TPSA) is 79.9 Å². The Hall–Kier alpha value is -1.97. The van der Waals surface area contributed by atoms with Crippen LogP contribution in [0.25, 0.3) is 0 Å². The van der Waals surface area contributed by atoms with Crippen molar-refractivity contribution in [1.82, 2.24) is 5.32 Å². The van der Waals surface area contributed by atoms with Crippen LogP contribution >= 0.6 is 15.9 Å². The molecule has 1 heterocycles. The largest absolute Gasteiger partial charge is 0.495 e. The van der Waals surface area contributed by atoms with Gasteiger partial charge in [-0.3, -0.25) is 4.72 Å². The minimum absolute atomic E-state index is 0.0741. The number of anilines is 2. The minimum atomic E-state index is -3.83. The molecule has 3 rings (SSSR count). The standard InChI is InChI=1S/C20H26BrN3O4S/c1-13-11-24(12-14(2)22-13)17-10-16(6-7-18(17)27-3)23-29(25,26)20-8-5-15(21)9-19(20)28-4/h5-10,13-14,22-23H,11-12H2,1-4H3/t13-,14+. The van der Waals surface area contributed by atoms with Crippen LogP contribution < -0.4 is 24.4 Å². The number of nitrogens with one attached hydrogen (secondary N) is 2. The van der Waals surface area contributed by atoms with Crippen LogP contribution in [-0.2, 0) is 10.0 Å². The van der Waals surface area contributed by atoms with E-state index in [1.54, 1.807) is 31.4 Å². The zero-order valence-corrected chi connectivity index (χ0v) is 19.3. The fourth-order valence-electron chi connectivity index (χ4n) is 3.60. The van der Waals surface area contributed by atoms with E-state index in [-0.39, 0.29) is 10.6 Å². The summed E-state index contributed by atoms with van der Waals surface area (Å²) in [6, 6.07) is 10.7. The second kappa shape index (κ2) is 8.81. The lowest BCUT2D eigenvalue weighted by molar-refractivity contribution is 0.391. The molecule has 1 aliphatic heterocycles. The molecule has 0 saturated carbocycles. The van der Waals surface area contributed by atoms with Gasteiger partial charge in [-0.25, -0.2) is 8.42 Å². The fourth-order valence-corrected chi connectivity index (χ4v) is 5.14. The molecule has 2 N–H and O–H groups in total. The van der Waals surface area contributed by atoms with Gasteiger partial charge in [-0.2, -0.15) is 0 Å². The van der Waals surface area contributed by atoms with Crippen LogP contribution in [0.1, 0.15) is 13.8 Å². The van der Waals surface area contributed by atoms with Gasteiger partial charge in [-0.15, -0.1) is 0 Å². The predicted molar refractivity (Wildman–Crippen MR) is 119 cm³/mol. The number of hydrogen-bond acceptors (Lipinski definition) is 6. The molecular weight excluding hydrogens is 458 g/mol. The third-order valence-electron chi connectivity index (χ3n) is 4.74. The van der Waals surface area contributed by atoms with Gasteiger partial charge >= 0.3 is 0 Å². The van der Waals surface area contributed by atoms with Crippen molar-refractivity contribution in [2.75, 3.05) is 36.9 Å². The highest BCUT2D eigenvalue weighted by atomic mass is 79.9. The quantitative estimate of drug-likeness (QED) is 0.654. The molecule has 7 nitrogen and oxygen atoms in total. The lowest BCUT2D eigenvalue weighted by atomic mass is 10.1. The van der Waals surface area contributed by atoms with Crippen LogP contribution in [0.5, 0.6) is 11.5 Å². The van der Waals surface area contributed by atoms with Crippen LogP contribution in [0, 0.1) is 0 Å². The Labute approximate surface area is 180 Å². The molecule has 2 aromatic rings. The fraction of sp³-hybridized carbons (Fsp3) is 0.400. The molecule has 0 amide bonds. The summed E-state index contributed by atoms with van der Waals surface area (Å²) >= 11 is 3.33. The third kappa shape index (κ3) is 4.96. The molecule has 1 saturated heterocycles. The van der Waals surface area contributed by atoms with Crippen LogP contribution in [-0.4, -0.2) is 47.8 Å². The van der Waals surface area contributed by atoms with Crippen molar-refractivity contribution < 1.29 is 17.9 Å². The molecule has 1 fully saturated rings. The number of nitrogens with zero attached hydrogens (tertiary/aromatic N) is 1. The first-order chi connectivity index (χ1) is 13.7. The van der Waals surface area contributed by atoms with Gasteiger partial charge in [-0.1, -0.05) is 15.9 Å². The third-order valence-corrected chi connectivity index (χ3v) is 6.66. The molecule has 158 valence electrons. The van der Waals surface area contributed by atoms with Gasteiger partial charge < -0.3 is 19.7 Å². The van der Waals surface area contributed by atoms with Crippen LogP contribution in [0.2, 0.25) is 0 Å². The Morgan fingerprint density at radius 1 is 1.03 bits per heavy atom. The summed E-state index contributed by atoms with van der Waals surface area (Å²) < 4.78 is 40.1. The molecule has 29 heavy (non-hydrogen) atoms. The highest BCUT2D eigenvalue weighted by molar-refractivity contribution is 9.10. The van der Waals surface area contributed by atoms with E-state index in [0.717, 1.165) is 23.2 Å². The summed E-state index contributed by atoms with van der Waals surface area (Å²) in [4.78, 5) is 2.29. The summed E-state index contributed by atoms with van der Waals surface area (Å²) in [5.41, 5.74) is 1.32. The SMILES string of the molecule is COc1ccc(NS(=O)(=O)c2ccc(Br)cc2OC)cc1N1C[C@@H](C)N[C@@H](C)C1. The molecule has 1 aliphatic rings. The smallest absolute Gasteiger partial charge is 0.265 e. The maximum absolute atomic E-state index is 13.0. The van der Waals surface area contributed by atoms with Crippen LogP contribution in [0.3, 0.4) is 0 Å². The summed E-state index contributed by atoms with van der Waals surface area (Å²) in [6.07, 6.45) is 0. The summed E-state index contributed by atoms with van der Waals surface area (Å²) in [5.74, 6) is 0.973. The maximum atomic E-state index is 13.0. The molecule has 0 unspecified atom stereocenters. The highest BCUT2D eigenvalue weighted by Gasteiger charge is 2.25. The number of ether oxygens (including phenoxy) is 2. The van der Waals surface area contributed by atoms with E-state index in [9.17, 15) is 8.42 Å². The Kier molecular flexibility index (Phi) is 6.60. The average Bonchev–Trinajstić information content (AvgIpc) is 2.66. The highest BCUT2D eigenvalue weighted by Crippen LogP contribution is 2.34. The number of methoxy groups -OCH3 is 2. The van der Waals surface area contributed by atoms with Crippen molar-refractivity contribution >= 4 is 37.3 Å². The van der Waals surface area contributed by atoms with Gasteiger partial charge in [0.25, 0.3) is 10.0 Å². The summed E-state index contributed by atoms with van der Waals surface area (Å²) in [7, 11) is -0.770. The van der Waals surface area contributed by atoms with Gasteiger partial charge in [0, 0.05) is 29.6 Å². The van der Waals surface area contributed by atoms with Crippen LogP contribution in [0.15, 0.2) is 45.8 Å². The first-order valence-corrected chi connectivity index (χ1v) is 11.6. The Bertz CT molecular complexity index is 974. The molecule has 0 spiro atoms. The number of benzene rings is 2. The van der Waals surface area contributed by atoms with Crippen LogP contribution in [0.4, 0.5) is 11.4 Å². The van der Waals surface area contributed by atoms with Gasteiger partial charge in [0.1, 0.15) is 16.4 Å². The van der Waals surface area contributed by atoms with Gasteiger partial charge in [0.15, 0.2) is 0 Å². The van der Waals surface area contributed by atoms with Gasteiger partial charge in [0.05, 0.1) is 25.6 Å². The van der Waals surface area contributed by atoms with Crippen molar-refractivity contribution in [3.63, 3.8) is 0 Å². The Morgan fingerprint density at radius 2 is 1.69 bits per heavy atom. The number of hydrogen-bond donors (Lipinski definition) is 2. The van der Waals surface area contributed by atoms with E-state index >= 15 is 0 Å². The molecule has 0 aliphatic carbocycles. The molecule has 2 aromatic carbocycles. The molecular formula is C20H26BrN3O4S. The monoisotopic (exact) mass is 483 g/mol. The number of piperazine rings is 1. The zero-order chi connectivity index (χ0) is 21.2. The number of halogens is 1. The average molecular weight is 484 g/mol. The number of sulfonamides is 1. The molecule has 2 atom stereocenters. The second-order valence-electron chi connectivity index (χ2n) is 7.16. The van der Waals surface area contributed by atoms with Crippen molar-refractivity contribution in [3.05, 3.63) is 40.9 Å². The lowest BCUT2D eigenvalue weighted by Crippen LogP contribution is -2.54. The number of rotatable bonds is 6. The normalized spacial score (nSPS) is 19.7. The minimum Gasteiger partial charge on any atom is -0.495 e. The maximum Gasteiger partial charge on any atom is 0.265 e. The van der Waals surface area contributed by atoms with E-state index in [1.165, 1.54) is 13.2 Å². The van der Waals surface area contributed by atoms with Crippen molar-refractivity contribution in [3.8, 4) is 11.5 Å². The second-order valence-corrected chi connectivity index (χ2v) is 9.73. The van der Waals surface area contributed by atoms with E-state index in [4.69, 9.17) is 9.47 Å². The first kappa shape index (κ1) is 21.7. The van der Waals surface area contributed by atoms with Crippen molar-refractivity contribution in [1.29, 1.82) is 0 Å². The first-order valence-electron chi connectivity index (χ1n) is 9.29. The van der Waals surface area contributed by atoms with Gasteiger partial charge in [-0.05, 0) is 50.2 Å². The summed E-state index contributed by atoms with van der Waals surface area (Å²) in [5, 5.41) is 3.50. The molecule has 0 aromatic heterocycles. The van der Waals surface area contributed by atoms with Crippen molar-refractivity contribution in [2.24, 2.45) is 0 Å². The zero-order valence-electron chi connectivity index (χ0n) is 16.9. The Morgan fingerprint density at radius 3 is 2.31 bits per heavy atom. The van der Waals surface area contributed by atoms with Gasteiger partial charge in [0.2, 0.25) is 0 Å². The summed E-state index contributed by atoms with van der Waals surface area (Å²) in [6.45, 7) is 5.86. The van der Waals surface area contributed by atoms with E-state index in [2.05, 4.69) is 44.7 Å². The molecule has 0 bridgehead atoms. The van der Waals surface area contributed by atoms with E-state index in [1.807, 2.05) is 6.07 Å². The van der Waals surface area contributed by atoms with E-state index < -0.39 is 10.0 Å². The van der Waals surface area contributed by atoms with E-state index in [0.29, 0.717) is 23.5 Å². The Balaban J connectivity index is 1.94. The molecule has 0 radical (unpaired) electrons. The van der Waals surface area contributed by atoms with Crippen molar-refractivity contribution in [2.45, 2.75) is 30.8 Å². The molecule has 9 heteroatoms.